The first kappa shape index (κ1) is 22.1. The predicted molar refractivity (Wildman–Crippen MR) is 90.5 cm³/mol. The Morgan fingerprint density at radius 1 is 1.30 bits per heavy atom. The average molecular weight is 502 g/mol. The van der Waals surface area contributed by atoms with Crippen LogP contribution < -0.4 is 11.2 Å². The van der Waals surface area contributed by atoms with Gasteiger partial charge in [-0.1, -0.05) is 0 Å². The topological polar surface area (TPSA) is 244 Å². The molecule has 20 heteroatoms. The average Bonchev–Trinajstić information content (AvgIpc) is 2.82. The maximum absolute atomic E-state index is 15.2. The number of hydrogen-bond donors (Lipinski definition) is 6. The first-order valence-corrected chi connectivity index (χ1v) is 11.9. The molecule has 0 amide bonds. The van der Waals surface area contributed by atoms with Crippen LogP contribution in [0.2, 0.25) is 0 Å². The van der Waals surface area contributed by atoms with Gasteiger partial charge in [0.25, 0.3) is 5.56 Å². The molecule has 1 aliphatic heterocycles. The first-order valence-electron chi connectivity index (χ1n) is 8.38. The Morgan fingerprint density at radius 2 is 1.90 bits per heavy atom. The number of nitrogens with zero attached hydrogens (tertiary/aromatic N) is 1. The SMILES string of the molecule is [2H]C([2H])(OP(=O)(O)OP(=O)(O)OP(=O)(O)O)[C@]1(F)C[C@@H](O)[C@H](n2cc(C)c(=O)[nH]c2=O)O1. The monoisotopic (exact) mass is 502 g/mol. The Morgan fingerprint density at radius 3 is 2.47 bits per heavy atom. The Bertz CT molecular complexity index is 1150. The highest BCUT2D eigenvalue weighted by Gasteiger charge is 2.50. The third-order valence-electron chi connectivity index (χ3n) is 3.26. The number of nitrogens with one attached hydrogen (secondary N) is 1. The fraction of sp³-hybridized carbons (Fsp3) is 0.600. The van der Waals surface area contributed by atoms with E-state index in [4.69, 9.17) is 22.2 Å². The molecule has 6 N–H and O–H groups in total. The number of aliphatic hydroxyl groups is 1. The fourth-order valence-electron chi connectivity index (χ4n) is 2.19. The summed E-state index contributed by atoms with van der Waals surface area (Å²) in [6.07, 6.45) is -4.38. The van der Waals surface area contributed by atoms with Crippen LogP contribution in [0.4, 0.5) is 4.39 Å². The molecule has 172 valence electrons. The van der Waals surface area contributed by atoms with Crippen molar-refractivity contribution >= 4 is 23.5 Å². The standard InChI is InChI=1S/C10H16FN2O14P3/c1-5-3-13(9(16)12-7(5)15)8-6(14)2-10(11,25-8)4-24-29(20,21)27-30(22,23)26-28(17,18)19/h3,6,8,14H,2,4H2,1H3,(H,20,21)(H,22,23)(H,12,15,16)(H2,17,18,19)/t6-,8-,10+/m1/s1/i4D2. The molecule has 0 radical (unpaired) electrons. The number of aliphatic hydroxyl groups excluding tert-OH is 1. The molecule has 0 saturated carbocycles. The summed E-state index contributed by atoms with van der Waals surface area (Å²) in [6, 6.07) is 0. The van der Waals surface area contributed by atoms with Gasteiger partial charge in [-0.3, -0.25) is 18.9 Å². The van der Waals surface area contributed by atoms with Crippen LogP contribution in [0.3, 0.4) is 0 Å². The molecule has 2 unspecified atom stereocenters. The van der Waals surface area contributed by atoms with Crippen LogP contribution in [-0.4, -0.2) is 52.7 Å². The molecule has 0 spiro atoms. The number of halogens is 1. The summed E-state index contributed by atoms with van der Waals surface area (Å²) in [5.74, 6) is -3.79. The number of H-pyrrole nitrogens is 1. The lowest BCUT2D eigenvalue weighted by Gasteiger charge is -2.22. The molecular formula is C10H16FN2O14P3. The second kappa shape index (κ2) is 8.47. The summed E-state index contributed by atoms with van der Waals surface area (Å²) in [6.45, 7) is -2.79. The number of rotatable bonds is 8. The highest BCUT2D eigenvalue weighted by molar-refractivity contribution is 7.66. The van der Waals surface area contributed by atoms with Crippen LogP contribution in [0.25, 0.3) is 0 Å². The summed E-state index contributed by atoms with van der Waals surface area (Å²) in [5, 5.41) is 10.0. The van der Waals surface area contributed by atoms with Gasteiger partial charge in [-0.2, -0.15) is 8.62 Å². The Labute approximate surface area is 168 Å². The zero-order chi connectivity index (χ0) is 24.9. The van der Waals surface area contributed by atoms with Gasteiger partial charge in [0.1, 0.15) is 12.7 Å². The number of aryl methyl sites for hydroxylation is 1. The molecule has 0 aromatic carbocycles. The summed E-state index contributed by atoms with van der Waals surface area (Å²) >= 11 is 0. The van der Waals surface area contributed by atoms with E-state index in [2.05, 4.69) is 13.1 Å². The molecule has 0 bridgehead atoms. The summed E-state index contributed by atoms with van der Waals surface area (Å²) < 4.78 is 79.8. The van der Waals surface area contributed by atoms with E-state index in [1.807, 2.05) is 4.98 Å². The summed E-state index contributed by atoms with van der Waals surface area (Å²) in [4.78, 5) is 60.6. The Kier molecular flexibility index (Phi) is 6.25. The lowest BCUT2D eigenvalue weighted by atomic mass is 10.2. The lowest BCUT2D eigenvalue weighted by Crippen LogP contribution is -2.36. The molecule has 2 heterocycles. The zero-order valence-corrected chi connectivity index (χ0v) is 17.2. The number of phosphoric acid groups is 3. The van der Waals surface area contributed by atoms with Crippen LogP contribution >= 0.6 is 23.5 Å². The highest BCUT2D eigenvalue weighted by Crippen LogP contribution is 2.66. The minimum atomic E-state index is -6.13. The fourth-order valence-corrected chi connectivity index (χ4v) is 5.08. The molecule has 2 rings (SSSR count). The van der Waals surface area contributed by atoms with E-state index in [1.54, 1.807) is 0 Å². The van der Waals surface area contributed by atoms with E-state index < -0.39 is 65.9 Å². The number of hydrogen-bond acceptors (Lipinski definition) is 10. The Balaban J connectivity index is 2.28. The lowest BCUT2D eigenvalue weighted by molar-refractivity contribution is -0.178. The zero-order valence-electron chi connectivity index (χ0n) is 16.5. The van der Waals surface area contributed by atoms with Gasteiger partial charge in [0, 0.05) is 18.2 Å². The Hall–Kier alpha value is -1.06. The molecule has 1 aromatic heterocycles. The van der Waals surface area contributed by atoms with Crippen molar-refractivity contribution in [1.82, 2.24) is 9.55 Å². The van der Waals surface area contributed by atoms with Crippen LogP contribution in [0.5, 0.6) is 0 Å². The molecule has 1 aromatic rings. The van der Waals surface area contributed by atoms with Crippen molar-refractivity contribution in [3.63, 3.8) is 0 Å². The van der Waals surface area contributed by atoms with E-state index in [9.17, 15) is 33.3 Å². The van der Waals surface area contributed by atoms with Crippen molar-refractivity contribution in [1.29, 1.82) is 0 Å². The number of alkyl halides is 1. The number of ether oxygens (including phenoxy) is 1. The van der Waals surface area contributed by atoms with Gasteiger partial charge in [0.05, 0.1) is 2.74 Å². The van der Waals surface area contributed by atoms with Crippen molar-refractivity contribution in [2.24, 2.45) is 0 Å². The van der Waals surface area contributed by atoms with Crippen molar-refractivity contribution in [2.75, 3.05) is 6.56 Å². The van der Waals surface area contributed by atoms with Gasteiger partial charge < -0.3 is 29.4 Å². The molecule has 1 fully saturated rings. The van der Waals surface area contributed by atoms with Gasteiger partial charge >= 0.3 is 29.2 Å². The highest BCUT2D eigenvalue weighted by atomic mass is 31.3. The van der Waals surface area contributed by atoms with Gasteiger partial charge in [0.15, 0.2) is 6.23 Å². The van der Waals surface area contributed by atoms with Crippen molar-refractivity contribution < 1.29 is 63.4 Å². The minimum absolute atomic E-state index is 0.0759. The first-order chi connectivity index (χ1) is 14.2. The van der Waals surface area contributed by atoms with Crippen LogP contribution in [0.15, 0.2) is 15.8 Å². The van der Waals surface area contributed by atoms with Crippen molar-refractivity contribution in [3.05, 3.63) is 32.6 Å². The number of aromatic nitrogens is 2. The maximum atomic E-state index is 15.2. The third-order valence-corrected chi connectivity index (χ3v) is 6.91. The normalized spacial score (nSPS) is 30.2. The largest absolute Gasteiger partial charge is 0.490 e. The van der Waals surface area contributed by atoms with Crippen molar-refractivity contribution in [2.45, 2.75) is 31.5 Å². The quantitative estimate of drug-likeness (QED) is 0.237. The summed E-state index contributed by atoms with van der Waals surface area (Å²) in [5.41, 5.74) is -2.07. The molecular weight excluding hydrogens is 484 g/mol. The number of phosphoric ester groups is 1. The van der Waals surface area contributed by atoms with E-state index in [0.717, 1.165) is 6.20 Å². The molecule has 1 aliphatic rings. The van der Waals surface area contributed by atoms with Crippen molar-refractivity contribution in [3.8, 4) is 0 Å². The maximum Gasteiger partial charge on any atom is 0.490 e. The second-order valence-corrected chi connectivity index (χ2v) is 10.1. The van der Waals surface area contributed by atoms with Gasteiger partial charge in [0.2, 0.25) is 5.85 Å². The second-order valence-electron chi connectivity index (χ2n) is 5.77. The van der Waals surface area contributed by atoms with E-state index >= 15 is 4.39 Å². The molecule has 1 saturated heterocycles. The smallest absolute Gasteiger partial charge is 0.388 e. The van der Waals surface area contributed by atoms with Gasteiger partial charge in [-0.15, -0.1) is 0 Å². The third kappa shape index (κ3) is 6.72. The van der Waals surface area contributed by atoms with Crippen LogP contribution in [0.1, 0.15) is 21.0 Å². The molecule has 30 heavy (non-hydrogen) atoms. The van der Waals surface area contributed by atoms with Crippen LogP contribution in [0, 0.1) is 6.92 Å². The van der Waals surface area contributed by atoms with Gasteiger partial charge in [-0.05, 0) is 6.92 Å². The predicted octanol–water partition coefficient (Wildman–Crippen LogP) is -0.866. The summed E-state index contributed by atoms with van der Waals surface area (Å²) in [7, 11) is -17.9. The van der Waals surface area contributed by atoms with E-state index in [-0.39, 0.29) is 5.56 Å². The molecule has 16 nitrogen and oxygen atoms in total. The molecule has 5 atom stereocenters. The van der Waals surface area contributed by atoms with E-state index in [1.165, 1.54) is 6.92 Å². The molecule has 0 aliphatic carbocycles. The van der Waals surface area contributed by atoms with Crippen LogP contribution in [-0.2, 0) is 31.6 Å². The van der Waals surface area contributed by atoms with Gasteiger partial charge in [-0.25, -0.2) is 22.9 Å². The number of aromatic amines is 1. The van der Waals surface area contributed by atoms with E-state index in [0.29, 0.717) is 4.57 Å². The minimum Gasteiger partial charge on any atom is -0.388 e.